The van der Waals surface area contributed by atoms with Gasteiger partial charge in [-0.05, 0) is 30.7 Å². The SMILES string of the molecule is Cc1cc(OCc2nc(N)nc(N)n2)ccc1Cl. The third-order valence-electron chi connectivity index (χ3n) is 2.21. The number of benzene rings is 1. The van der Waals surface area contributed by atoms with E-state index in [0.717, 1.165) is 5.56 Å². The quantitative estimate of drug-likeness (QED) is 0.874. The molecule has 1 aromatic heterocycles. The van der Waals surface area contributed by atoms with Gasteiger partial charge in [0.15, 0.2) is 5.82 Å². The minimum Gasteiger partial charge on any atom is -0.486 e. The predicted molar refractivity (Wildman–Crippen MR) is 69.2 cm³/mol. The number of aromatic nitrogens is 3. The molecular formula is C11H12ClN5O. The first-order chi connectivity index (χ1) is 8.54. The molecule has 6 nitrogen and oxygen atoms in total. The third-order valence-corrected chi connectivity index (χ3v) is 2.64. The van der Waals surface area contributed by atoms with Gasteiger partial charge in [0.1, 0.15) is 12.4 Å². The highest BCUT2D eigenvalue weighted by Crippen LogP contribution is 2.21. The number of nitrogen functional groups attached to an aromatic ring is 2. The number of anilines is 2. The number of nitrogens with zero attached hydrogens (tertiary/aromatic N) is 3. The maximum absolute atomic E-state index is 5.92. The second-order valence-electron chi connectivity index (χ2n) is 3.67. The van der Waals surface area contributed by atoms with Crippen LogP contribution in [0.3, 0.4) is 0 Å². The highest BCUT2D eigenvalue weighted by Gasteiger charge is 2.04. The summed E-state index contributed by atoms with van der Waals surface area (Å²) >= 11 is 5.92. The first kappa shape index (κ1) is 12.4. The van der Waals surface area contributed by atoms with Gasteiger partial charge in [-0.15, -0.1) is 0 Å². The van der Waals surface area contributed by atoms with Gasteiger partial charge < -0.3 is 16.2 Å². The molecule has 0 amide bonds. The molecule has 0 aliphatic heterocycles. The number of aryl methyl sites for hydroxylation is 1. The summed E-state index contributed by atoms with van der Waals surface area (Å²) in [7, 11) is 0. The van der Waals surface area contributed by atoms with E-state index in [0.29, 0.717) is 16.6 Å². The van der Waals surface area contributed by atoms with Gasteiger partial charge in [0.05, 0.1) is 0 Å². The molecule has 94 valence electrons. The molecule has 0 aliphatic rings. The number of hydrogen-bond donors (Lipinski definition) is 2. The van der Waals surface area contributed by atoms with Crippen LogP contribution in [-0.4, -0.2) is 15.0 Å². The topological polar surface area (TPSA) is 99.9 Å². The van der Waals surface area contributed by atoms with Gasteiger partial charge in [0.25, 0.3) is 0 Å². The van der Waals surface area contributed by atoms with Crippen molar-refractivity contribution in [3.05, 3.63) is 34.6 Å². The van der Waals surface area contributed by atoms with Crippen LogP contribution in [-0.2, 0) is 6.61 Å². The van der Waals surface area contributed by atoms with Crippen molar-refractivity contribution < 1.29 is 4.74 Å². The van der Waals surface area contributed by atoms with Crippen molar-refractivity contribution in [2.24, 2.45) is 0 Å². The van der Waals surface area contributed by atoms with Crippen LogP contribution in [0.15, 0.2) is 18.2 Å². The van der Waals surface area contributed by atoms with Crippen LogP contribution in [0.2, 0.25) is 5.02 Å². The van der Waals surface area contributed by atoms with Gasteiger partial charge in [0, 0.05) is 5.02 Å². The van der Waals surface area contributed by atoms with Crippen LogP contribution >= 0.6 is 11.6 Å². The van der Waals surface area contributed by atoms with Crippen molar-refractivity contribution in [3.63, 3.8) is 0 Å². The Morgan fingerprint density at radius 2 is 1.83 bits per heavy atom. The minimum absolute atomic E-state index is 0.0772. The van der Waals surface area contributed by atoms with E-state index in [9.17, 15) is 0 Å². The van der Waals surface area contributed by atoms with E-state index in [1.54, 1.807) is 12.1 Å². The summed E-state index contributed by atoms with van der Waals surface area (Å²) in [5, 5.41) is 0.691. The Hall–Kier alpha value is -2.08. The molecule has 4 N–H and O–H groups in total. The van der Waals surface area contributed by atoms with Crippen LogP contribution in [0, 0.1) is 6.92 Å². The number of hydrogen-bond acceptors (Lipinski definition) is 6. The van der Waals surface area contributed by atoms with Crippen molar-refractivity contribution in [1.29, 1.82) is 0 Å². The maximum Gasteiger partial charge on any atom is 0.225 e. The summed E-state index contributed by atoms with van der Waals surface area (Å²) in [6.07, 6.45) is 0. The Morgan fingerprint density at radius 1 is 1.17 bits per heavy atom. The molecule has 2 aromatic rings. The second-order valence-corrected chi connectivity index (χ2v) is 4.07. The molecule has 0 saturated carbocycles. The van der Waals surface area contributed by atoms with E-state index < -0.39 is 0 Å². The van der Waals surface area contributed by atoms with Gasteiger partial charge in [-0.25, -0.2) is 0 Å². The molecule has 1 aromatic carbocycles. The monoisotopic (exact) mass is 265 g/mol. The molecule has 18 heavy (non-hydrogen) atoms. The summed E-state index contributed by atoms with van der Waals surface area (Å²) in [5.41, 5.74) is 11.8. The Kier molecular flexibility index (Phi) is 3.47. The zero-order valence-electron chi connectivity index (χ0n) is 9.72. The fourth-order valence-corrected chi connectivity index (χ4v) is 1.49. The van der Waals surface area contributed by atoms with Crippen LogP contribution < -0.4 is 16.2 Å². The lowest BCUT2D eigenvalue weighted by molar-refractivity contribution is 0.295. The van der Waals surface area contributed by atoms with Crippen LogP contribution in [0.25, 0.3) is 0 Å². The van der Waals surface area contributed by atoms with Gasteiger partial charge in [-0.3, -0.25) is 0 Å². The van der Waals surface area contributed by atoms with Crippen LogP contribution in [0.1, 0.15) is 11.4 Å². The predicted octanol–water partition coefficient (Wildman–Crippen LogP) is 1.58. The molecule has 7 heteroatoms. The highest BCUT2D eigenvalue weighted by molar-refractivity contribution is 6.31. The van der Waals surface area contributed by atoms with E-state index >= 15 is 0 Å². The Bertz CT molecular complexity index is 555. The fraction of sp³-hybridized carbons (Fsp3) is 0.182. The smallest absolute Gasteiger partial charge is 0.225 e. The normalized spacial score (nSPS) is 10.3. The summed E-state index contributed by atoms with van der Waals surface area (Å²) in [5.74, 6) is 1.21. The van der Waals surface area contributed by atoms with Crippen molar-refractivity contribution >= 4 is 23.5 Å². The average molecular weight is 266 g/mol. The third kappa shape index (κ3) is 2.98. The molecule has 0 unspecified atom stereocenters. The average Bonchev–Trinajstić information content (AvgIpc) is 2.29. The summed E-state index contributed by atoms with van der Waals surface area (Å²) in [6, 6.07) is 5.36. The molecule has 0 saturated heterocycles. The highest BCUT2D eigenvalue weighted by atomic mass is 35.5. The van der Waals surface area contributed by atoms with E-state index in [2.05, 4.69) is 15.0 Å². The van der Waals surface area contributed by atoms with Gasteiger partial charge in [0.2, 0.25) is 11.9 Å². The van der Waals surface area contributed by atoms with E-state index in [4.69, 9.17) is 27.8 Å². The number of rotatable bonds is 3. The fourth-order valence-electron chi connectivity index (χ4n) is 1.38. The lowest BCUT2D eigenvalue weighted by Gasteiger charge is -2.07. The molecule has 1 heterocycles. The summed E-state index contributed by atoms with van der Waals surface area (Å²) in [4.78, 5) is 11.5. The molecule has 0 fully saturated rings. The van der Waals surface area contributed by atoms with E-state index in [-0.39, 0.29) is 18.5 Å². The number of nitrogens with two attached hydrogens (primary N) is 2. The van der Waals surface area contributed by atoms with Crippen molar-refractivity contribution in [2.75, 3.05) is 11.5 Å². The minimum atomic E-state index is 0.0772. The van der Waals surface area contributed by atoms with Crippen molar-refractivity contribution in [3.8, 4) is 5.75 Å². The van der Waals surface area contributed by atoms with Gasteiger partial charge in [-0.2, -0.15) is 15.0 Å². The molecule has 0 spiro atoms. The van der Waals surface area contributed by atoms with E-state index in [1.165, 1.54) is 0 Å². The second kappa shape index (κ2) is 5.05. The van der Waals surface area contributed by atoms with Gasteiger partial charge >= 0.3 is 0 Å². The lowest BCUT2D eigenvalue weighted by Crippen LogP contribution is -2.09. The first-order valence-electron chi connectivity index (χ1n) is 5.19. The van der Waals surface area contributed by atoms with Gasteiger partial charge in [-0.1, -0.05) is 11.6 Å². The van der Waals surface area contributed by atoms with Crippen LogP contribution in [0.5, 0.6) is 5.75 Å². The Balaban J connectivity index is 2.08. The van der Waals surface area contributed by atoms with Crippen LogP contribution in [0.4, 0.5) is 11.9 Å². The van der Waals surface area contributed by atoms with Crippen molar-refractivity contribution in [2.45, 2.75) is 13.5 Å². The first-order valence-corrected chi connectivity index (χ1v) is 5.57. The van der Waals surface area contributed by atoms with Crippen molar-refractivity contribution in [1.82, 2.24) is 15.0 Å². The molecule has 2 rings (SSSR count). The summed E-state index contributed by atoms with van der Waals surface area (Å²) in [6.45, 7) is 2.06. The zero-order chi connectivity index (χ0) is 13.1. The Morgan fingerprint density at radius 3 is 2.44 bits per heavy atom. The molecule has 0 radical (unpaired) electrons. The molecule has 0 bridgehead atoms. The van der Waals surface area contributed by atoms with E-state index in [1.807, 2.05) is 13.0 Å². The molecular weight excluding hydrogens is 254 g/mol. The molecule has 0 aliphatic carbocycles. The standard InChI is InChI=1S/C11H12ClN5O/c1-6-4-7(2-3-8(6)12)18-5-9-15-10(13)17-11(14)16-9/h2-4H,5H2,1H3,(H4,13,14,15,16,17). The number of halogens is 1. The number of ether oxygens (including phenoxy) is 1. The lowest BCUT2D eigenvalue weighted by atomic mass is 10.2. The molecule has 0 atom stereocenters. The largest absolute Gasteiger partial charge is 0.486 e. The Labute approximate surface area is 109 Å². The maximum atomic E-state index is 5.92. The summed E-state index contributed by atoms with van der Waals surface area (Å²) < 4.78 is 5.52. The zero-order valence-corrected chi connectivity index (χ0v) is 10.5.